The third-order valence-electron chi connectivity index (χ3n) is 2.56. The molecule has 0 rings (SSSR count). The van der Waals surface area contributed by atoms with Gasteiger partial charge in [0.25, 0.3) is 0 Å². The molecular formula is C10H21BrN2O. The molecule has 1 atom stereocenters. The van der Waals surface area contributed by atoms with E-state index in [0.717, 1.165) is 6.54 Å². The van der Waals surface area contributed by atoms with Crippen molar-refractivity contribution >= 4 is 21.8 Å². The molecule has 0 saturated carbocycles. The molecule has 3 nitrogen and oxygen atoms in total. The van der Waals surface area contributed by atoms with Crippen molar-refractivity contribution in [3.05, 3.63) is 0 Å². The highest BCUT2D eigenvalue weighted by Crippen LogP contribution is 2.10. The van der Waals surface area contributed by atoms with E-state index in [1.54, 1.807) is 0 Å². The maximum Gasteiger partial charge on any atom is 0.233 e. The first-order valence-electron chi connectivity index (χ1n) is 4.94. The van der Waals surface area contributed by atoms with E-state index in [1.807, 2.05) is 6.92 Å². The van der Waals surface area contributed by atoms with Crippen LogP contribution in [0.2, 0.25) is 0 Å². The van der Waals surface area contributed by atoms with Gasteiger partial charge < -0.3 is 5.32 Å². The zero-order valence-electron chi connectivity index (χ0n) is 9.72. The number of likely N-dealkylation sites (N-methyl/N-ethyl adjacent to an activating group) is 1. The number of nitrogens with zero attached hydrogens (tertiary/aromatic N) is 1. The lowest BCUT2D eigenvalue weighted by Gasteiger charge is -2.35. The van der Waals surface area contributed by atoms with Crippen LogP contribution in [0.3, 0.4) is 0 Å². The number of alkyl halides is 1. The third kappa shape index (κ3) is 4.42. The van der Waals surface area contributed by atoms with Crippen molar-refractivity contribution in [2.24, 2.45) is 0 Å². The second-order valence-corrected chi connectivity index (χ2v) is 5.53. The number of carbonyl (C=O) groups excluding carboxylic acids is 1. The molecule has 0 radical (unpaired) electrons. The summed E-state index contributed by atoms with van der Waals surface area (Å²) in [5, 5.41) is 2.91. The van der Waals surface area contributed by atoms with E-state index in [0.29, 0.717) is 6.54 Å². The molecule has 1 N–H and O–H groups in total. The molecule has 1 unspecified atom stereocenters. The van der Waals surface area contributed by atoms with Crippen molar-refractivity contribution in [3.8, 4) is 0 Å². The van der Waals surface area contributed by atoms with Crippen LogP contribution in [0.15, 0.2) is 0 Å². The second-order valence-electron chi connectivity index (χ2n) is 4.16. The average molecular weight is 265 g/mol. The van der Waals surface area contributed by atoms with Crippen LogP contribution < -0.4 is 5.32 Å². The lowest BCUT2D eigenvalue weighted by Crippen LogP contribution is -2.50. The van der Waals surface area contributed by atoms with Gasteiger partial charge in [-0.15, -0.1) is 0 Å². The van der Waals surface area contributed by atoms with E-state index in [-0.39, 0.29) is 16.3 Å². The third-order valence-corrected chi connectivity index (χ3v) is 2.98. The van der Waals surface area contributed by atoms with Gasteiger partial charge in [-0.05, 0) is 34.4 Å². The number of hydrogen-bond donors (Lipinski definition) is 1. The Morgan fingerprint density at radius 2 is 2.07 bits per heavy atom. The maximum atomic E-state index is 11.3. The fraction of sp³-hybridized carbons (Fsp3) is 0.900. The summed E-state index contributed by atoms with van der Waals surface area (Å²) in [7, 11) is 2.06. The summed E-state index contributed by atoms with van der Waals surface area (Å²) in [6.45, 7) is 9.83. The van der Waals surface area contributed by atoms with Crippen LogP contribution in [0, 0.1) is 0 Å². The van der Waals surface area contributed by atoms with Gasteiger partial charge in [-0.1, -0.05) is 22.9 Å². The van der Waals surface area contributed by atoms with Gasteiger partial charge in [0.1, 0.15) is 0 Å². The van der Waals surface area contributed by atoms with E-state index in [2.05, 4.69) is 54.0 Å². The monoisotopic (exact) mass is 264 g/mol. The van der Waals surface area contributed by atoms with Crippen LogP contribution >= 0.6 is 15.9 Å². The Labute approximate surface area is 95.4 Å². The van der Waals surface area contributed by atoms with Crippen LogP contribution in [-0.4, -0.2) is 41.3 Å². The Hall–Kier alpha value is -0.0900. The Balaban J connectivity index is 4.05. The SMILES string of the molecule is CCN(C)C(C)(C)CNC(=O)C(C)Br. The largest absolute Gasteiger partial charge is 0.353 e. The highest BCUT2D eigenvalue weighted by molar-refractivity contribution is 9.10. The molecule has 0 heterocycles. The van der Waals surface area contributed by atoms with Crippen LogP contribution in [-0.2, 0) is 4.79 Å². The molecule has 0 bridgehead atoms. The Bertz CT molecular complexity index is 193. The van der Waals surface area contributed by atoms with Crippen LogP contribution in [0.25, 0.3) is 0 Å². The van der Waals surface area contributed by atoms with E-state index < -0.39 is 0 Å². The summed E-state index contributed by atoms with van der Waals surface area (Å²) >= 11 is 3.24. The van der Waals surface area contributed by atoms with E-state index in [4.69, 9.17) is 0 Å². The minimum absolute atomic E-state index is 0.00625. The van der Waals surface area contributed by atoms with Crippen molar-refractivity contribution in [2.45, 2.75) is 38.1 Å². The summed E-state index contributed by atoms with van der Waals surface area (Å²) in [5.41, 5.74) is 0.00625. The first kappa shape index (κ1) is 13.9. The summed E-state index contributed by atoms with van der Waals surface area (Å²) in [6, 6.07) is 0. The summed E-state index contributed by atoms with van der Waals surface area (Å²) in [4.78, 5) is 13.4. The van der Waals surface area contributed by atoms with Crippen LogP contribution in [0.4, 0.5) is 0 Å². The number of carbonyl (C=O) groups is 1. The van der Waals surface area contributed by atoms with Crippen molar-refractivity contribution < 1.29 is 4.79 Å². The number of rotatable bonds is 5. The Morgan fingerprint density at radius 1 is 1.57 bits per heavy atom. The van der Waals surface area contributed by atoms with Crippen LogP contribution in [0.1, 0.15) is 27.7 Å². The molecule has 0 aromatic rings. The molecule has 0 spiro atoms. The molecular weight excluding hydrogens is 244 g/mol. The predicted molar refractivity (Wildman–Crippen MR) is 63.8 cm³/mol. The Morgan fingerprint density at radius 3 is 2.43 bits per heavy atom. The van der Waals surface area contributed by atoms with Crippen molar-refractivity contribution in [1.29, 1.82) is 0 Å². The van der Waals surface area contributed by atoms with Crippen LogP contribution in [0.5, 0.6) is 0 Å². The van der Waals surface area contributed by atoms with E-state index in [1.165, 1.54) is 0 Å². The molecule has 0 aliphatic heterocycles. The summed E-state index contributed by atoms with van der Waals surface area (Å²) in [5.74, 6) is 0.0441. The predicted octanol–water partition coefficient (Wildman–Crippen LogP) is 1.62. The van der Waals surface area contributed by atoms with Crippen molar-refractivity contribution in [1.82, 2.24) is 10.2 Å². The Kier molecular flexibility index (Phi) is 5.67. The second kappa shape index (κ2) is 5.71. The minimum Gasteiger partial charge on any atom is -0.353 e. The summed E-state index contributed by atoms with van der Waals surface area (Å²) in [6.07, 6.45) is 0. The molecule has 84 valence electrons. The molecule has 14 heavy (non-hydrogen) atoms. The molecule has 0 aromatic carbocycles. The number of nitrogens with one attached hydrogen (secondary N) is 1. The maximum absolute atomic E-state index is 11.3. The quantitative estimate of drug-likeness (QED) is 0.766. The van der Waals surface area contributed by atoms with Gasteiger partial charge in [0.15, 0.2) is 0 Å². The normalized spacial score (nSPS) is 14.2. The van der Waals surface area contributed by atoms with Gasteiger partial charge in [0.2, 0.25) is 5.91 Å². The average Bonchev–Trinajstić information content (AvgIpc) is 2.12. The lowest BCUT2D eigenvalue weighted by atomic mass is 10.0. The molecule has 1 amide bonds. The molecule has 0 saturated heterocycles. The zero-order valence-corrected chi connectivity index (χ0v) is 11.3. The highest BCUT2D eigenvalue weighted by Gasteiger charge is 2.23. The molecule has 0 aliphatic carbocycles. The standard InChI is InChI=1S/C10H21BrN2O/c1-6-13(5)10(3,4)7-12-9(14)8(2)11/h8H,6-7H2,1-5H3,(H,12,14). The molecule has 0 fully saturated rings. The highest BCUT2D eigenvalue weighted by atomic mass is 79.9. The smallest absolute Gasteiger partial charge is 0.233 e. The fourth-order valence-electron chi connectivity index (χ4n) is 1.01. The summed E-state index contributed by atoms with van der Waals surface area (Å²) < 4.78 is 0. The first-order valence-corrected chi connectivity index (χ1v) is 5.86. The first-order chi connectivity index (χ1) is 6.31. The van der Waals surface area contributed by atoms with Crippen molar-refractivity contribution in [2.75, 3.05) is 20.1 Å². The van der Waals surface area contributed by atoms with Gasteiger partial charge in [0, 0.05) is 12.1 Å². The number of halogens is 1. The lowest BCUT2D eigenvalue weighted by molar-refractivity contribution is -0.120. The number of hydrogen-bond acceptors (Lipinski definition) is 2. The minimum atomic E-state index is -0.120. The molecule has 0 aliphatic rings. The van der Waals surface area contributed by atoms with Crippen molar-refractivity contribution in [3.63, 3.8) is 0 Å². The van der Waals surface area contributed by atoms with Gasteiger partial charge >= 0.3 is 0 Å². The van der Waals surface area contributed by atoms with Gasteiger partial charge in [-0.25, -0.2) is 0 Å². The van der Waals surface area contributed by atoms with Gasteiger partial charge in [-0.3, -0.25) is 9.69 Å². The number of amides is 1. The fourth-order valence-corrected chi connectivity index (χ4v) is 1.17. The van der Waals surface area contributed by atoms with Gasteiger partial charge in [0.05, 0.1) is 4.83 Å². The van der Waals surface area contributed by atoms with Gasteiger partial charge in [-0.2, -0.15) is 0 Å². The zero-order chi connectivity index (χ0) is 11.4. The molecule has 4 heteroatoms. The topological polar surface area (TPSA) is 32.3 Å². The van der Waals surface area contributed by atoms with E-state index in [9.17, 15) is 4.79 Å². The molecule has 0 aromatic heterocycles. The van der Waals surface area contributed by atoms with E-state index >= 15 is 0 Å².